The Kier molecular flexibility index (Phi) is 6.75. The van der Waals surface area contributed by atoms with Crippen molar-refractivity contribution in [3.8, 4) is 0 Å². The van der Waals surface area contributed by atoms with E-state index in [0.717, 1.165) is 23.4 Å². The summed E-state index contributed by atoms with van der Waals surface area (Å²) in [5.74, 6) is -0.148. The van der Waals surface area contributed by atoms with Gasteiger partial charge in [-0.15, -0.1) is 10.2 Å². The number of hydrogen-bond acceptors (Lipinski definition) is 6. The molecule has 0 bridgehead atoms. The molecule has 32 heavy (non-hydrogen) atoms. The van der Waals surface area contributed by atoms with Gasteiger partial charge >= 0.3 is 0 Å². The summed E-state index contributed by atoms with van der Waals surface area (Å²) in [6.07, 6.45) is 7.62. The van der Waals surface area contributed by atoms with Gasteiger partial charge in [-0.25, -0.2) is 0 Å². The van der Waals surface area contributed by atoms with Crippen LogP contribution in [0, 0.1) is 6.92 Å². The van der Waals surface area contributed by atoms with Crippen molar-refractivity contribution in [3.05, 3.63) is 69.1 Å². The lowest BCUT2D eigenvalue weighted by molar-refractivity contribution is -0.116. The van der Waals surface area contributed by atoms with E-state index in [9.17, 15) is 14.4 Å². The Labute approximate surface area is 189 Å². The number of rotatable bonds is 6. The van der Waals surface area contributed by atoms with Gasteiger partial charge in [0.25, 0.3) is 11.5 Å². The van der Waals surface area contributed by atoms with Gasteiger partial charge in [0, 0.05) is 29.4 Å². The lowest BCUT2D eigenvalue weighted by Crippen LogP contribution is -2.26. The molecule has 0 aliphatic heterocycles. The molecule has 8 nitrogen and oxygen atoms in total. The molecule has 0 unspecified atom stereocenters. The van der Waals surface area contributed by atoms with E-state index in [1.165, 1.54) is 41.2 Å². The van der Waals surface area contributed by atoms with Crippen molar-refractivity contribution in [3.63, 3.8) is 0 Å². The standard InChI is InChI=1S/C23H25N5O3S/c1-15-7-12-20(30)28(13-15)14-19(29)24-18-10-8-16(9-11-18)21(31)25-23-27-26-22(32-23)17-5-3-2-4-6-17/h7-13,17H,2-6,14H2,1H3,(H,24,29)(H,25,27,31). The van der Waals surface area contributed by atoms with E-state index in [2.05, 4.69) is 20.8 Å². The lowest BCUT2D eigenvalue weighted by atomic mass is 9.90. The summed E-state index contributed by atoms with van der Waals surface area (Å²) in [7, 11) is 0. The molecular formula is C23H25N5O3S. The number of aryl methyl sites for hydroxylation is 1. The maximum Gasteiger partial charge on any atom is 0.257 e. The van der Waals surface area contributed by atoms with Gasteiger partial charge in [-0.05, 0) is 49.6 Å². The minimum atomic E-state index is -0.320. The van der Waals surface area contributed by atoms with Crippen LogP contribution in [-0.4, -0.2) is 26.6 Å². The third-order valence-corrected chi connectivity index (χ3v) is 6.49. The van der Waals surface area contributed by atoms with E-state index < -0.39 is 0 Å². The molecule has 1 aliphatic rings. The van der Waals surface area contributed by atoms with E-state index >= 15 is 0 Å². The Morgan fingerprint density at radius 1 is 1.03 bits per heavy atom. The summed E-state index contributed by atoms with van der Waals surface area (Å²) in [5.41, 5.74) is 1.66. The summed E-state index contributed by atoms with van der Waals surface area (Å²) in [6, 6.07) is 9.71. The molecule has 3 aromatic rings. The first-order chi connectivity index (χ1) is 15.5. The van der Waals surface area contributed by atoms with Crippen LogP contribution in [0.25, 0.3) is 0 Å². The zero-order valence-corrected chi connectivity index (χ0v) is 18.7. The van der Waals surface area contributed by atoms with Crippen LogP contribution in [0.4, 0.5) is 10.8 Å². The molecule has 2 heterocycles. The highest BCUT2D eigenvalue weighted by Crippen LogP contribution is 2.35. The monoisotopic (exact) mass is 451 g/mol. The number of nitrogens with zero attached hydrogens (tertiary/aromatic N) is 3. The number of carbonyl (C=O) groups is 2. The van der Waals surface area contributed by atoms with Crippen LogP contribution in [0.5, 0.6) is 0 Å². The molecule has 1 aliphatic carbocycles. The first-order valence-electron chi connectivity index (χ1n) is 10.7. The molecule has 4 rings (SSSR count). The quantitative estimate of drug-likeness (QED) is 0.590. The Hall–Kier alpha value is -3.33. The van der Waals surface area contributed by atoms with Gasteiger partial charge in [-0.1, -0.05) is 36.7 Å². The minimum Gasteiger partial charge on any atom is -0.325 e. The van der Waals surface area contributed by atoms with E-state index in [0.29, 0.717) is 22.3 Å². The van der Waals surface area contributed by atoms with Crippen molar-refractivity contribution >= 4 is 34.0 Å². The van der Waals surface area contributed by atoms with Crippen molar-refractivity contribution in [2.75, 3.05) is 10.6 Å². The topological polar surface area (TPSA) is 106 Å². The summed E-state index contributed by atoms with van der Waals surface area (Å²) < 4.78 is 1.36. The second kappa shape index (κ2) is 9.86. The zero-order chi connectivity index (χ0) is 22.5. The maximum absolute atomic E-state index is 12.5. The van der Waals surface area contributed by atoms with Crippen LogP contribution in [0.3, 0.4) is 0 Å². The Bertz CT molecular complexity index is 1160. The fourth-order valence-electron chi connectivity index (χ4n) is 3.80. The Morgan fingerprint density at radius 2 is 1.78 bits per heavy atom. The molecule has 2 N–H and O–H groups in total. The lowest BCUT2D eigenvalue weighted by Gasteiger charge is -2.18. The number of amides is 2. The van der Waals surface area contributed by atoms with Crippen LogP contribution in [0.2, 0.25) is 0 Å². The third-order valence-electron chi connectivity index (χ3n) is 5.49. The summed E-state index contributed by atoms with van der Waals surface area (Å²) in [6.45, 7) is 1.78. The zero-order valence-electron chi connectivity index (χ0n) is 17.8. The smallest absolute Gasteiger partial charge is 0.257 e. The Balaban J connectivity index is 1.33. The molecule has 1 saturated carbocycles. The van der Waals surface area contributed by atoms with E-state index in [4.69, 9.17) is 0 Å². The molecule has 9 heteroatoms. The van der Waals surface area contributed by atoms with Gasteiger partial charge in [-0.2, -0.15) is 0 Å². The molecule has 0 spiro atoms. The number of benzene rings is 1. The van der Waals surface area contributed by atoms with E-state index in [1.54, 1.807) is 36.5 Å². The van der Waals surface area contributed by atoms with Crippen LogP contribution >= 0.6 is 11.3 Å². The van der Waals surface area contributed by atoms with Gasteiger partial charge in [0.15, 0.2) is 0 Å². The van der Waals surface area contributed by atoms with Crippen LogP contribution in [0.15, 0.2) is 47.4 Å². The van der Waals surface area contributed by atoms with Gasteiger partial charge in [-0.3, -0.25) is 19.7 Å². The highest BCUT2D eigenvalue weighted by molar-refractivity contribution is 7.15. The fourth-order valence-corrected chi connectivity index (χ4v) is 4.71. The number of hydrogen-bond donors (Lipinski definition) is 2. The van der Waals surface area contributed by atoms with Crippen molar-refractivity contribution in [1.29, 1.82) is 0 Å². The van der Waals surface area contributed by atoms with E-state index in [-0.39, 0.29) is 23.9 Å². The predicted molar refractivity (Wildman–Crippen MR) is 124 cm³/mol. The molecule has 0 saturated heterocycles. The molecule has 166 valence electrons. The number of carbonyl (C=O) groups excluding carboxylic acids is 2. The molecule has 2 amide bonds. The molecule has 1 aromatic carbocycles. The SMILES string of the molecule is Cc1ccc(=O)n(CC(=O)Nc2ccc(C(=O)Nc3nnc(C4CCCCC4)s3)cc2)c1. The fraction of sp³-hybridized carbons (Fsp3) is 0.348. The van der Waals surface area contributed by atoms with Gasteiger partial charge in [0.05, 0.1) is 0 Å². The molecule has 0 atom stereocenters. The van der Waals surface area contributed by atoms with Gasteiger partial charge in [0.1, 0.15) is 11.6 Å². The van der Waals surface area contributed by atoms with Crippen LogP contribution in [-0.2, 0) is 11.3 Å². The molecule has 0 radical (unpaired) electrons. The third kappa shape index (κ3) is 5.47. The van der Waals surface area contributed by atoms with E-state index in [1.807, 2.05) is 6.92 Å². The average molecular weight is 452 g/mol. The average Bonchev–Trinajstić information content (AvgIpc) is 3.26. The largest absolute Gasteiger partial charge is 0.325 e. The highest BCUT2D eigenvalue weighted by Gasteiger charge is 2.20. The molecule has 2 aromatic heterocycles. The number of pyridine rings is 1. The number of aromatic nitrogens is 3. The molecule has 1 fully saturated rings. The molecular weight excluding hydrogens is 426 g/mol. The Morgan fingerprint density at radius 3 is 2.53 bits per heavy atom. The minimum absolute atomic E-state index is 0.0802. The highest BCUT2D eigenvalue weighted by atomic mass is 32.1. The number of anilines is 2. The van der Waals surface area contributed by atoms with Gasteiger partial charge < -0.3 is 9.88 Å². The number of nitrogens with one attached hydrogen (secondary N) is 2. The summed E-state index contributed by atoms with van der Waals surface area (Å²) in [5, 5.41) is 15.4. The van der Waals surface area contributed by atoms with Crippen molar-refractivity contribution < 1.29 is 9.59 Å². The second-order valence-electron chi connectivity index (χ2n) is 8.03. The summed E-state index contributed by atoms with van der Waals surface area (Å²) >= 11 is 1.44. The van der Waals surface area contributed by atoms with Crippen molar-refractivity contribution in [2.45, 2.75) is 51.5 Å². The van der Waals surface area contributed by atoms with Crippen molar-refractivity contribution in [1.82, 2.24) is 14.8 Å². The second-order valence-corrected chi connectivity index (χ2v) is 9.04. The first-order valence-corrected chi connectivity index (χ1v) is 11.5. The van der Waals surface area contributed by atoms with Crippen molar-refractivity contribution in [2.24, 2.45) is 0 Å². The van der Waals surface area contributed by atoms with Gasteiger partial charge in [0.2, 0.25) is 11.0 Å². The summed E-state index contributed by atoms with van der Waals surface area (Å²) in [4.78, 5) is 36.7. The maximum atomic E-state index is 12.5. The normalized spacial score (nSPS) is 14.2. The van der Waals surface area contributed by atoms with Crippen LogP contribution in [0.1, 0.15) is 59.0 Å². The first kappa shape index (κ1) is 21.9. The predicted octanol–water partition coefficient (Wildman–Crippen LogP) is 3.95. The van der Waals surface area contributed by atoms with Crippen LogP contribution < -0.4 is 16.2 Å².